The molecule has 4 rings (SSSR count). The van der Waals surface area contributed by atoms with Crippen molar-refractivity contribution in [2.45, 2.75) is 63.1 Å². The molecule has 14 nitrogen and oxygen atoms in total. The highest BCUT2D eigenvalue weighted by Gasteiger charge is 2.35. The third kappa shape index (κ3) is 9.66. The van der Waals surface area contributed by atoms with Gasteiger partial charge in [0, 0.05) is 47.4 Å². The maximum atomic E-state index is 12.6. The van der Waals surface area contributed by atoms with E-state index in [1.807, 2.05) is 0 Å². The number of anilines is 2. The average Bonchev–Trinajstić information content (AvgIpc) is 3.52. The van der Waals surface area contributed by atoms with E-state index in [2.05, 4.69) is 42.1 Å². The minimum atomic E-state index is -0.925. The number of amides is 8. The maximum absolute atomic E-state index is 12.6. The first-order valence-electron chi connectivity index (χ1n) is 14.8. The fraction of sp³-hybridized carbons (Fsp3) is 0.355. The highest BCUT2D eigenvalue weighted by Crippen LogP contribution is 2.17. The van der Waals surface area contributed by atoms with Crippen LogP contribution in [-0.4, -0.2) is 69.2 Å². The molecule has 0 spiro atoms. The summed E-state index contributed by atoms with van der Waals surface area (Å²) in [4.78, 5) is 96.2. The molecule has 0 aliphatic carbocycles. The zero-order valence-electron chi connectivity index (χ0n) is 24.8. The molecule has 6 N–H and O–H groups in total. The molecule has 8 amide bonds. The van der Waals surface area contributed by atoms with Gasteiger partial charge in [0.05, 0.1) is 22.6 Å². The van der Waals surface area contributed by atoms with E-state index in [1.165, 1.54) is 18.2 Å². The summed E-state index contributed by atoms with van der Waals surface area (Å²) >= 11 is 0. The Labute approximate surface area is 267 Å². The van der Waals surface area contributed by atoms with Crippen molar-refractivity contribution in [1.82, 2.24) is 21.3 Å². The van der Waals surface area contributed by atoms with Gasteiger partial charge in [-0.2, -0.15) is 0 Å². The lowest BCUT2D eigenvalue weighted by Gasteiger charge is -2.18. The molecule has 3 radical (unpaired) electrons. The van der Waals surface area contributed by atoms with E-state index in [1.54, 1.807) is 30.3 Å². The molecule has 0 bridgehead atoms. The molecule has 2 fully saturated rings. The van der Waals surface area contributed by atoms with Gasteiger partial charge in [-0.3, -0.25) is 49.0 Å². The van der Waals surface area contributed by atoms with Crippen LogP contribution >= 0.6 is 0 Å². The average molecular weight is 646 g/mol. The van der Waals surface area contributed by atoms with Gasteiger partial charge in [-0.25, -0.2) is 0 Å². The van der Waals surface area contributed by atoms with Gasteiger partial charge in [0.25, 0.3) is 11.8 Å². The fourth-order valence-electron chi connectivity index (χ4n) is 4.93. The van der Waals surface area contributed by atoms with Crippen LogP contribution in [0.25, 0.3) is 0 Å². The molecule has 15 heteroatoms. The first-order chi connectivity index (χ1) is 22.0. The van der Waals surface area contributed by atoms with Crippen LogP contribution in [0.4, 0.5) is 11.4 Å². The number of carbonyl (C=O) groups is 8. The molecular weight excluding hydrogens is 612 g/mol. The molecule has 2 aromatic carbocycles. The Morgan fingerprint density at radius 1 is 0.717 bits per heavy atom. The van der Waals surface area contributed by atoms with Gasteiger partial charge in [0.15, 0.2) is 0 Å². The largest absolute Gasteiger partial charge is 0.352 e. The molecule has 2 aromatic rings. The molecule has 0 saturated carbocycles. The third-order valence-electron chi connectivity index (χ3n) is 7.34. The molecule has 46 heavy (non-hydrogen) atoms. The summed E-state index contributed by atoms with van der Waals surface area (Å²) in [6.45, 7) is 0. The van der Waals surface area contributed by atoms with Gasteiger partial charge in [-0.05, 0) is 49.2 Å². The van der Waals surface area contributed by atoms with Gasteiger partial charge >= 0.3 is 0 Å². The number of unbranched alkanes of at least 4 members (excludes halogenated alkanes) is 3. The minimum Gasteiger partial charge on any atom is -0.352 e. The van der Waals surface area contributed by atoms with Gasteiger partial charge in [-0.15, -0.1) is 0 Å². The standard InChI is InChI=1S/C31H33N6O8Si/c38-23(32-19-9-5-7-17(13-19)27(42)34-22-16-26(41)36-30(22)45)11-3-1-2-4-12-24(39)33-20-10-6-8-18(14-20)28(43)37-31(46)21-15-25(40)35-29(21)44/h5-10,13-14,21-22,31H,1-4,11-12,15-16H2,(H,32,38)(H,33,39)(H,34,42)(H,37,43)(H,35,40,44)(H,36,41,45)/t21-,22-,31?/m0/s1. The summed E-state index contributed by atoms with van der Waals surface area (Å²) in [5.41, 5.74) is 0.631. The van der Waals surface area contributed by atoms with Crippen molar-refractivity contribution in [2.24, 2.45) is 5.92 Å². The van der Waals surface area contributed by atoms with Crippen LogP contribution in [0.1, 0.15) is 72.1 Å². The molecule has 3 atom stereocenters. The van der Waals surface area contributed by atoms with Crippen LogP contribution in [0.15, 0.2) is 48.5 Å². The molecule has 1 unspecified atom stereocenters. The Bertz CT molecular complexity index is 1560. The lowest BCUT2D eigenvalue weighted by atomic mass is 10.1. The van der Waals surface area contributed by atoms with Crippen molar-refractivity contribution < 1.29 is 38.4 Å². The smallest absolute Gasteiger partial charge is 0.252 e. The topological polar surface area (TPSA) is 209 Å². The van der Waals surface area contributed by atoms with Crippen molar-refractivity contribution in [3.05, 3.63) is 59.7 Å². The Kier molecular flexibility index (Phi) is 11.5. The Hall–Kier alpha value is -5.18. The summed E-state index contributed by atoms with van der Waals surface area (Å²) in [7, 11) is 3.31. The molecule has 2 aliphatic rings. The molecule has 2 heterocycles. The van der Waals surface area contributed by atoms with Crippen LogP contribution < -0.4 is 31.9 Å². The van der Waals surface area contributed by atoms with Crippen molar-refractivity contribution >= 4 is 68.9 Å². The Balaban J connectivity index is 1.11. The van der Waals surface area contributed by atoms with Crippen LogP contribution in [0.5, 0.6) is 0 Å². The lowest BCUT2D eigenvalue weighted by Crippen LogP contribution is -2.43. The number of rotatable bonds is 14. The summed E-state index contributed by atoms with van der Waals surface area (Å²) in [5.74, 6) is -4.05. The number of benzene rings is 2. The maximum Gasteiger partial charge on any atom is 0.252 e. The predicted molar refractivity (Wildman–Crippen MR) is 165 cm³/mol. The number of imide groups is 2. The van der Waals surface area contributed by atoms with Crippen molar-refractivity contribution in [1.29, 1.82) is 0 Å². The van der Waals surface area contributed by atoms with Crippen molar-refractivity contribution in [2.75, 3.05) is 10.6 Å². The third-order valence-corrected chi connectivity index (χ3v) is 7.89. The summed E-state index contributed by atoms with van der Waals surface area (Å²) in [6, 6.07) is 11.7. The van der Waals surface area contributed by atoms with E-state index in [0.29, 0.717) is 24.2 Å². The number of nitrogens with one attached hydrogen (secondary N) is 6. The van der Waals surface area contributed by atoms with E-state index in [9.17, 15) is 38.4 Å². The monoisotopic (exact) mass is 645 g/mol. The van der Waals surface area contributed by atoms with Gasteiger partial charge in [0.2, 0.25) is 35.4 Å². The predicted octanol–water partition coefficient (Wildman–Crippen LogP) is 0.636. The molecular formula is C31H33N6O8Si. The normalized spacial score (nSPS) is 17.9. The van der Waals surface area contributed by atoms with Crippen LogP contribution in [0.3, 0.4) is 0 Å². The zero-order valence-corrected chi connectivity index (χ0v) is 25.8. The van der Waals surface area contributed by atoms with Gasteiger partial charge < -0.3 is 21.3 Å². The Morgan fingerprint density at radius 3 is 1.74 bits per heavy atom. The van der Waals surface area contributed by atoms with E-state index >= 15 is 0 Å². The van der Waals surface area contributed by atoms with Crippen LogP contribution in [-0.2, 0) is 28.8 Å². The van der Waals surface area contributed by atoms with E-state index in [4.69, 9.17) is 0 Å². The quantitative estimate of drug-likeness (QED) is 0.0973. The summed E-state index contributed by atoms with van der Waals surface area (Å²) < 4.78 is 0. The van der Waals surface area contributed by atoms with Crippen molar-refractivity contribution in [3.8, 4) is 0 Å². The summed E-state index contributed by atoms with van der Waals surface area (Å²) in [5, 5.41) is 15.0. The highest BCUT2D eigenvalue weighted by molar-refractivity contribution is 6.18. The zero-order chi connectivity index (χ0) is 33.2. The van der Waals surface area contributed by atoms with E-state index in [-0.39, 0.29) is 48.6 Å². The molecule has 2 aliphatic heterocycles. The molecule has 239 valence electrons. The minimum absolute atomic E-state index is 0.0250. The SMILES string of the molecule is O=C1C[C@H](NC(=O)c2cccc(NC(=O)CCCCCCC(=O)Nc3cccc(C(=O)NC([Si])[C@H]4CC(=O)NC4=O)c3)c2)C(=O)N1. The van der Waals surface area contributed by atoms with E-state index < -0.39 is 53.1 Å². The van der Waals surface area contributed by atoms with E-state index in [0.717, 1.165) is 12.8 Å². The number of hydrogen-bond acceptors (Lipinski definition) is 8. The van der Waals surface area contributed by atoms with Crippen LogP contribution in [0, 0.1) is 5.92 Å². The Morgan fingerprint density at radius 2 is 1.24 bits per heavy atom. The highest BCUT2D eigenvalue weighted by atomic mass is 28.1. The first-order valence-corrected chi connectivity index (χ1v) is 15.4. The first kappa shape index (κ1) is 33.7. The van der Waals surface area contributed by atoms with Crippen molar-refractivity contribution in [3.63, 3.8) is 0 Å². The second-order valence-corrected chi connectivity index (χ2v) is 11.6. The van der Waals surface area contributed by atoms with Gasteiger partial charge in [-0.1, -0.05) is 25.0 Å². The van der Waals surface area contributed by atoms with Gasteiger partial charge in [0.1, 0.15) is 6.04 Å². The second kappa shape index (κ2) is 15.7. The summed E-state index contributed by atoms with van der Waals surface area (Å²) in [6.07, 6.45) is 3.00. The fourth-order valence-corrected chi connectivity index (χ4v) is 5.33. The number of carbonyl (C=O) groups excluding carboxylic acids is 8. The van der Waals surface area contributed by atoms with Crippen LogP contribution in [0.2, 0.25) is 0 Å². The lowest BCUT2D eigenvalue weighted by molar-refractivity contribution is -0.127. The molecule has 0 aromatic heterocycles. The number of hydrogen-bond donors (Lipinski definition) is 6. The second-order valence-electron chi connectivity index (χ2n) is 11.0. The molecule has 2 saturated heterocycles.